The zero-order valence-corrected chi connectivity index (χ0v) is 23.3. The van der Waals surface area contributed by atoms with E-state index in [9.17, 15) is 14.7 Å². The van der Waals surface area contributed by atoms with Gasteiger partial charge in [-0.1, -0.05) is 64.9 Å². The molecule has 0 aliphatic heterocycles. The van der Waals surface area contributed by atoms with Gasteiger partial charge in [0, 0.05) is 12.3 Å². The Balaban J connectivity index is 1.51. The molecule has 4 heteroatoms. The largest absolute Gasteiger partial charge is 0.481 e. The first-order valence-electron chi connectivity index (χ1n) is 14.7. The molecule has 1 N–H and O–H groups in total. The van der Waals surface area contributed by atoms with Crippen LogP contribution in [0.5, 0.6) is 0 Å². The van der Waals surface area contributed by atoms with E-state index in [1.165, 1.54) is 63.4 Å². The normalized spacial score (nSPS) is 40.6. The van der Waals surface area contributed by atoms with Gasteiger partial charge in [-0.05, 0) is 97.4 Å². The number of unbranched alkanes of at least 4 members (excludes halogenated alkanes) is 6. The smallest absolute Gasteiger partial charge is 0.303 e. The van der Waals surface area contributed by atoms with Crippen LogP contribution in [0.1, 0.15) is 124 Å². The number of fused-ring (bicyclic) bond motifs is 5. The van der Waals surface area contributed by atoms with Crippen LogP contribution in [-0.4, -0.2) is 22.7 Å². The molecule has 3 fully saturated rings. The maximum Gasteiger partial charge on any atom is 0.303 e. The number of carboxylic acids is 1. The van der Waals surface area contributed by atoms with Crippen LogP contribution in [0.4, 0.5) is 0 Å². The molecule has 35 heavy (non-hydrogen) atoms. The zero-order valence-electron chi connectivity index (χ0n) is 22.5. The monoisotopic (exact) mass is 504 g/mol. The summed E-state index contributed by atoms with van der Waals surface area (Å²) in [5.74, 6) is 3.10. The van der Waals surface area contributed by atoms with Crippen molar-refractivity contribution in [2.24, 2.45) is 39.9 Å². The minimum absolute atomic E-state index is 0.0956. The van der Waals surface area contributed by atoms with Gasteiger partial charge in [0.1, 0.15) is 0 Å². The summed E-state index contributed by atoms with van der Waals surface area (Å²) in [6.45, 7) is 7.18. The van der Waals surface area contributed by atoms with Gasteiger partial charge in [-0.2, -0.15) is 0 Å². The Kier molecular flexibility index (Phi) is 8.46. The fourth-order valence-corrected chi connectivity index (χ4v) is 9.56. The number of alkyl halides is 1. The van der Waals surface area contributed by atoms with Crippen LogP contribution in [0.3, 0.4) is 0 Å². The van der Waals surface area contributed by atoms with Gasteiger partial charge in [-0.25, -0.2) is 0 Å². The first kappa shape index (κ1) is 27.2. The Labute approximate surface area is 218 Å². The van der Waals surface area contributed by atoms with Crippen molar-refractivity contribution < 1.29 is 14.7 Å². The number of carbonyl (C=O) groups excluding carboxylic acids is 1. The molecule has 0 spiro atoms. The van der Waals surface area contributed by atoms with Crippen molar-refractivity contribution in [2.75, 3.05) is 5.88 Å². The number of ketones is 1. The average molecular weight is 505 g/mol. The predicted octanol–water partition coefficient (Wildman–Crippen LogP) is 8.59. The number of halogens is 1. The van der Waals surface area contributed by atoms with Crippen molar-refractivity contribution in [3.63, 3.8) is 0 Å². The highest BCUT2D eigenvalue weighted by Gasteiger charge is 2.64. The highest BCUT2D eigenvalue weighted by molar-refractivity contribution is 6.17. The van der Waals surface area contributed by atoms with Gasteiger partial charge in [0.25, 0.3) is 0 Å². The van der Waals surface area contributed by atoms with Crippen molar-refractivity contribution in [3.05, 3.63) is 11.6 Å². The molecule has 0 aromatic rings. The maximum atomic E-state index is 12.4. The summed E-state index contributed by atoms with van der Waals surface area (Å²) >= 11 is 5.81. The first-order chi connectivity index (χ1) is 16.6. The summed E-state index contributed by atoms with van der Waals surface area (Å²) in [5, 5.41) is 9.74. The molecule has 0 amide bonds. The van der Waals surface area contributed by atoms with Crippen molar-refractivity contribution in [1.29, 1.82) is 0 Å². The average Bonchev–Trinajstić information content (AvgIpc) is 3.06. The molecule has 4 aliphatic carbocycles. The van der Waals surface area contributed by atoms with E-state index in [2.05, 4.69) is 20.8 Å². The SMILES string of the molecule is CC1(CC(=O)O)CC[C@H]2[C@@H]3C(CCCCCCCCCCl)CC4=CC(=O)CC[C@]4(C)[C@@H]3CC[C@@]21C. The second-order valence-electron chi connectivity index (χ2n) is 13.4. The molecule has 0 saturated heterocycles. The van der Waals surface area contributed by atoms with Gasteiger partial charge < -0.3 is 5.11 Å². The highest BCUT2D eigenvalue weighted by Crippen LogP contribution is 2.71. The van der Waals surface area contributed by atoms with E-state index in [-0.39, 0.29) is 16.2 Å². The minimum Gasteiger partial charge on any atom is -0.481 e. The van der Waals surface area contributed by atoms with Crippen LogP contribution >= 0.6 is 11.6 Å². The van der Waals surface area contributed by atoms with Gasteiger partial charge in [-0.15, -0.1) is 11.6 Å². The Bertz CT molecular complexity index is 820. The summed E-state index contributed by atoms with van der Waals surface area (Å²) in [7, 11) is 0. The summed E-state index contributed by atoms with van der Waals surface area (Å²) in [6.07, 6.45) is 20.0. The topological polar surface area (TPSA) is 54.4 Å². The molecule has 0 aromatic carbocycles. The molecular formula is C31H49ClO3. The fourth-order valence-electron chi connectivity index (χ4n) is 9.37. The molecule has 7 atom stereocenters. The Morgan fingerprint density at radius 2 is 1.63 bits per heavy atom. The fraction of sp³-hybridized carbons (Fsp3) is 0.871. The van der Waals surface area contributed by atoms with E-state index in [1.54, 1.807) is 0 Å². The molecule has 198 valence electrons. The van der Waals surface area contributed by atoms with E-state index >= 15 is 0 Å². The highest BCUT2D eigenvalue weighted by atomic mass is 35.5. The summed E-state index contributed by atoms with van der Waals surface area (Å²) in [4.78, 5) is 24.2. The maximum absolute atomic E-state index is 12.4. The molecule has 3 saturated carbocycles. The lowest BCUT2D eigenvalue weighted by molar-refractivity contribution is -0.145. The zero-order chi connectivity index (χ0) is 25.3. The second-order valence-corrected chi connectivity index (χ2v) is 13.8. The third-order valence-corrected chi connectivity index (χ3v) is 11.9. The van der Waals surface area contributed by atoms with Crippen LogP contribution in [-0.2, 0) is 9.59 Å². The summed E-state index contributed by atoms with van der Waals surface area (Å²) in [6, 6.07) is 0. The van der Waals surface area contributed by atoms with E-state index in [0.29, 0.717) is 42.3 Å². The molecule has 0 aromatic heterocycles. The van der Waals surface area contributed by atoms with Gasteiger partial charge in [0.15, 0.2) is 5.78 Å². The Hall–Kier alpha value is -0.830. The summed E-state index contributed by atoms with van der Waals surface area (Å²) < 4.78 is 0. The molecule has 4 rings (SSSR count). The Morgan fingerprint density at radius 3 is 2.31 bits per heavy atom. The number of rotatable bonds is 11. The second kappa shape index (κ2) is 10.9. The quantitative estimate of drug-likeness (QED) is 0.226. The number of allylic oxidation sites excluding steroid dienone is 1. The lowest BCUT2D eigenvalue weighted by atomic mass is 9.43. The molecule has 2 unspecified atom stereocenters. The minimum atomic E-state index is -0.634. The number of hydrogen-bond donors (Lipinski definition) is 1. The number of carbonyl (C=O) groups is 2. The van der Waals surface area contributed by atoms with Crippen LogP contribution in [0.2, 0.25) is 0 Å². The van der Waals surface area contributed by atoms with Crippen molar-refractivity contribution in [3.8, 4) is 0 Å². The number of carboxylic acid groups (broad SMARTS) is 1. The molecule has 0 radical (unpaired) electrons. The van der Waals surface area contributed by atoms with Gasteiger partial charge in [-0.3, -0.25) is 9.59 Å². The van der Waals surface area contributed by atoms with Crippen LogP contribution in [0.25, 0.3) is 0 Å². The lowest BCUT2D eigenvalue weighted by Gasteiger charge is -2.62. The molecule has 0 bridgehead atoms. The third-order valence-electron chi connectivity index (χ3n) is 11.7. The standard InChI is InChI=1S/C31H49ClO3/c1-29(21-27(34)35)15-13-26-28-22(11-9-7-5-4-6-8-10-18-32)19-23-20-24(33)12-16-30(23,2)25(28)14-17-31(26,29)3/h20,22,25-26,28H,4-19,21H2,1-3H3,(H,34,35)/t22?,25-,26+,28-,29?,30+,31+/m1/s1. The lowest BCUT2D eigenvalue weighted by Crippen LogP contribution is -2.55. The molecule has 3 nitrogen and oxygen atoms in total. The van der Waals surface area contributed by atoms with Crippen molar-refractivity contribution in [2.45, 2.75) is 124 Å². The predicted molar refractivity (Wildman–Crippen MR) is 144 cm³/mol. The van der Waals surface area contributed by atoms with Crippen molar-refractivity contribution in [1.82, 2.24) is 0 Å². The van der Waals surface area contributed by atoms with Crippen molar-refractivity contribution >= 4 is 23.4 Å². The first-order valence-corrected chi connectivity index (χ1v) is 15.2. The van der Waals surface area contributed by atoms with Gasteiger partial charge in [0.2, 0.25) is 0 Å². The number of hydrogen-bond acceptors (Lipinski definition) is 2. The van der Waals surface area contributed by atoms with E-state index in [0.717, 1.165) is 38.0 Å². The molecular weight excluding hydrogens is 456 g/mol. The third kappa shape index (κ3) is 5.14. The van der Waals surface area contributed by atoms with Gasteiger partial charge in [0.05, 0.1) is 6.42 Å². The molecule has 0 heterocycles. The van der Waals surface area contributed by atoms with E-state index < -0.39 is 5.97 Å². The van der Waals surface area contributed by atoms with Gasteiger partial charge >= 0.3 is 5.97 Å². The van der Waals surface area contributed by atoms with Crippen LogP contribution in [0.15, 0.2) is 11.6 Å². The van der Waals surface area contributed by atoms with E-state index in [1.807, 2.05) is 6.08 Å². The van der Waals surface area contributed by atoms with Crippen LogP contribution in [0, 0.1) is 39.9 Å². The molecule has 4 aliphatic rings. The summed E-state index contributed by atoms with van der Waals surface area (Å²) in [5.41, 5.74) is 1.65. The Morgan fingerprint density at radius 1 is 0.971 bits per heavy atom. The number of aliphatic carboxylic acids is 1. The van der Waals surface area contributed by atoms with Crippen LogP contribution < -0.4 is 0 Å². The van der Waals surface area contributed by atoms with E-state index in [4.69, 9.17) is 11.6 Å².